The van der Waals surface area contributed by atoms with Crippen LogP contribution in [0, 0.1) is 0 Å². The molecular formula is C15H21BrF3NO2. The molecule has 0 aromatic heterocycles. The molecule has 0 heterocycles. The Hall–Kier alpha value is -1.37. The second kappa shape index (κ2) is 12.2. The number of benzene rings is 1. The van der Waals surface area contributed by atoms with Crippen LogP contribution < -0.4 is 5.32 Å². The zero-order valence-electron chi connectivity index (χ0n) is 13.1. The van der Waals surface area contributed by atoms with Crippen LogP contribution in [0.15, 0.2) is 28.7 Å². The van der Waals surface area contributed by atoms with Crippen molar-refractivity contribution in [2.45, 2.75) is 40.3 Å². The molecule has 7 heteroatoms. The van der Waals surface area contributed by atoms with Crippen molar-refractivity contribution in [3.05, 3.63) is 34.3 Å². The van der Waals surface area contributed by atoms with Gasteiger partial charge in [0, 0.05) is 23.0 Å². The van der Waals surface area contributed by atoms with Gasteiger partial charge < -0.3 is 5.32 Å². The van der Waals surface area contributed by atoms with Crippen LogP contribution in [0.25, 0.3) is 0 Å². The topological polar surface area (TPSA) is 46.2 Å². The van der Waals surface area contributed by atoms with E-state index in [0.29, 0.717) is 10.0 Å². The summed E-state index contributed by atoms with van der Waals surface area (Å²) in [5.41, 5.74) is 0.380. The van der Waals surface area contributed by atoms with Crippen LogP contribution >= 0.6 is 15.9 Å². The van der Waals surface area contributed by atoms with Crippen molar-refractivity contribution < 1.29 is 22.8 Å². The molecule has 1 rings (SSSR count). The first kappa shape index (κ1) is 22.9. The van der Waals surface area contributed by atoms with Crippen LogP contribution in [-0.2, 0) is 4.79 Å². The molecule has 0 bridgehead atoms. The van der Waals surface area contributed by atoms with E-state index in [2.05, 4.69) is 15.9 Å². The number of Topliss-reactive ketones (excluding diaryl/α,β-unsaturated/α-hetero) is 1. The first-order valence-corrected chi connectivity index (χ1v) is 7.74. The normalized spacial score (nSPS) is 9.64. The molecule has 0 aliphatic rings. The van der Waals surface area contributed by atoms with Gasteiger partial charge in [0.05, 0.1) is 0 Å². The average molecular weight is 384 g/mol. The average Bonchev–Trinajstić information content (AvgIpc) is 2.50. The van der Waals surface area contributed by atoms with Crippen molar-refractivity contribution in [2.75, 3.05) is 6.54 Å². The highest BCUT2D eigenvalue weighted by Crippen LogP contribution is 2.15. The van der Waals surface area contributed by atoms with Gasteiger partial charge in [-0.1, -0.05) is 55.8 Å². The smallest absolute Gasteiger partial charge is 0.348 e. The molecular weight excluding hydrogens is 363 g/mol. The molecule has 0 saturated heterocycles. The fourth-order valence-corrected chi connectivity index (χ4v) is 1.60. The quantitative estimate of drug-likeness (QED) is 0.762. The minimum atomic E-state index is -4.92. The fourth-order valence-electron chi connectivity index (χ4n) is 1.20. The number of carbonyl (C=O) groups excluding carboxylic acids is 2. The fraction of sp³-hybridized carbons (Fsp3) is 0.467. The number of ketones is 1. The predicted molar refractivity (Wildman–Crippen MR) is 84.9 cm³/mol. The summed E-state index contributed by atoms with van der Waals surface area (Å²) in [6, 6.07) is 6.49. The number of hydrogen-bond acceptors (Lipinski definition) is 2. The van der Waals surface area contributed by atoms with Crippen molar-refractivity contribution in [3.63, 3.8) is 0 Å². The molecule has 1 N–H and O–H groups in total. The number of nitrogens with one attached hydrogen (secondary N) is 1. The Balaban J connectivity index is 0. The molecule has 126 valence electrons. The van der Waals surface area contributed by atoms with E-state index in [9.17, 15) is 22.8 Å². The van der Waals surface area contributed by atoms with Gasteiger partial charge in [-0.3, -0.25) is 9.59 Å². The van der Waals surface area contributed by atoms with Gasteiger partial charge in [0.2, 0.25) is 0 Å². The Morgan fingerprint density at radius 3 is 2.14 bits per heavy atom. The number of carbonyl (C=O) groups is 2. The molecule has 0 saturated carbocycles. The summed E-state index contributed by atoms with van der Waals surface area (Å²) in [5.74, 6) is -2.37. The van der Waals surface area contributed by atoms with Gasteiger partial charge in [0.15, 0.2) is 5.78 Å². The second-order valence-electron chi connectivity index (χ2n) is 3.44. The van der Waals surface area contributed by atoms with Gasteiger partial charge in [0.1, 0.15) is 0 Å². The van der Waals surface area contributed by atoms with Crippen LogP contribution in [0.3, 0.4) is 0 Å². The lowest BCUT2D eigenvalue weighted by atomic mass is 10.1. The van der Waals surface area contributed by atoms with E-state index in [1.54, 1.807) is 29.6 Å². The Morgan fingerprint density at radius 2 is 1.68 bits per heavy atom. The maximum absolute atomic E-state index is 11.8. The van der Waals surface area contributed by atoms with Crippen LogP contribution in [0.5, 0.6) is 0 Å². The lowest BCUT2D eigenvalue weighted by Crippen LogP contribution is -2.37. The maximum Gasteiger partial charge on any atom is 0.471 e. The standard InChI is InChI=1S/C11H9BrF3NO2.2C2H6/c12-8-3-1-2-7(6-8)9(17)4-5-16-10(18)11(13,14)15;2*1-2/h1-3,6H,4-5H2,(H,16,18);2*1-2H3. The van der Waals surface area contributed by atoms with Gasteiger partial charge in [-0.2, -0.15) is 13.2 Å². The molecule has 0 aliphatic carbocycles. The Labute approximate surface area is 137 Å². The molecule has 22 heavy (non-hydrogen) atoms. The zero-order chi connectivity index (χ0) is 17.8. The minimum absolute atomic E-state index is 0.182. The third-order valence-corrected chi connectivity index (χ3v) is 2.53. The third-order valence-electron chi connectivity index (χ3n) is 2.04. The first-order chi connectivity index (χ1) is 10.3. The van der Waals surface area contributed by atoms with Crippen molar-refractivity contribution in [1.29, 1.82) is 0 Å². The van der Waals surface area contributed by atoms with Gasteiger partial charge in [-0.15, -0.1) is 0 Å². The highest BCUT2D eigenvalue weighted by Gasteiger charge is 2.38. The molecule has 0 atom stereocenters. The van der Waals surface area contributed by atoms with E-state index >= 15 is 0 Å². The van der Waals surface area contributed by atoms with Gasteiger partial charge >= 0.3 is 12.1 Å². The lowest BCUT2D eigenvalue weighted by Gasteiger charge is -2.07. The molecule has 1 aromatic carbocycles. The van der Waals surface area contributed by atoms with Crippen LogP contribution in [0.4, 0.5) is 13.2 Å². The number of halogens is 4. The summed E-state index contributed by atoms with van der Waals surface area (Å²) in [7, 11) is 0. The molecule has 1 amide bonds. The van der Waals surface area contributed by atoms with E-state index in [1.165, 1.54) is 0 Å². The molecule has 0 fully saturated rings. The monoisotopic (exact) mass is 383 g/mol. The number of alkyl halides is 3. The Morgan fingerprint density at radius 1 is 1.14 bits per heavy atom. The molecule has 1 aromatic rings. The number of hydrogen-bond donors (Lipinski definition) is 1. The number of rotatable bonds is 4. The Bertz CT molecular complexity index is 462. The van der Waals surface area contributed by atoms with Gasteiger partial charge in [-0.05, 0) is 12.1 Å². The number of amides is 1. The molecule has 0 spiro atoms. The van der Waals surface area contributed by atoms with Crippen LogP contribution in [0.1, 0.15) is 44.5 Å². The summed E-state index contributed by atoms with van der Waals surface area (Å²) >= 11 is 3.18. The van der Waals surface area contributed by atoms with Crippen molar-refractivity contribution in [2.24, 2.45) is 0 Å². The minimum Gasteiger partial charge on any atom is -0.348 e. The third kappa shape index (κ3) is 9.55. The van der Waals surface area contributed by atoms with Crippen molar-refractivity contribution >= 4 is 27.6 Å². The summed E-state index contributed by atoms with van der Waals surface area (Å²) in [6.07, 6.45) is -5.10. The largest absolute Gasteiger partial charge is 0.471 e. The van der Waals surface area contributed by atoms with E-state index in [4.69, 9.17) is 0 Å². The van der Waals surface area contributed by atoms with E-state index in [0.717, 1.165) is 0 Å². The van der Waals surface area contributed by atoms with Crippen LogP contribution in [-0.4, -0.2) is 24.4 Å². The summed E-state index contributed by atoms with van der Waals surface area (Å²) in [6.45, 7) is 7.66. The molecule has 0 aliphatic heterocycles. The molecule has 0 radical (unpaired) electrons. The van der Waals surface area contributed by atoms with Crippen molar-refractivity contribution in [3.8, 4) is 0 Å². The molecule has 3 nitrogen and oxygen atoms in total. The van der Waals surface area contributed by atoms with Crippen LogP contribution in [0.2, 0.25) is 0 Å². The summed E-state index contributed by atoms with van der Waals surface area (Å²) < 4.78 is 36.2. The first-order valence-electron chi connectivity index (χ1n) is 6.94. The molecule has 0 unspecified atom stereocenters. The zero-order valence-corrected chi connectivity index (χ0v) is 14.6. The SMILES string of the molecule is CC.CC.O=C(CCNC(=O)C(F)(F)F)c1cccc(Br)c1. The summed E-state index contributed by atoms with van der Waals surface area (Å²) in [5, 5.41) is 1.64. The van der Waals surface area contributed by atoms with E-state index in [-0.39, 0.29) is 18.7 Å². The highest BCUT2D eigenvalue weighted by atomic mass is 79.9. The predicted octanol–water partition coefficient (Wildman–Crippen LogP) is 4.75. The van der Waals surface area contributed by atoms with Gasteiger partial charge in [-0.25, -0.2) is 0 Å². The highest BCUT2D eigenvalue weighted by molar-refractivity contribution is 9.10. The van der Waals surface area contributed by atoms with Crippen molar-refractivity contribution in [1.82, 2.24) is 5.32 Å². The van der Waals surface area contributed by atoms with E-state index < -0.39 is 12.1 Å². The second-order valence-corrected chi connectivity index (χ2v) is 4.35. The lowest BCUT2D eigenvalue weighted by molar-refractivity contribution is -0.173. The summed E-state index contributed by atoms with van der Waals surface area (Å²) in [4.78, 5) is 22.1. The van der Waals surface area contributed by atoms with Gasteiger partial charge in [0.25, 0.3) is 0 Å². The van der Waals surface area contributed by atoms with E-state index in [1.807, 2.05) is 27.7 Å². The Kier molecular flexibility index (Phi) is 12.7. The maximum atomic E-state index is 11.8.